The quantitative estimate of drug-likeness (QED) is 0.821. The maximum atomic E-state index is 11.9. The third-order valence-electron chi connectivity index (χ3n) is 5.26. The van der Waals surface area contributed by atoms with Crippen LogP contribution in [-0.2, 0) is 21.3 Å². The zero-order valence-corrected chi connectivity index (χ0v) is 14.8. The largest absolute Gasteiger partial charge is 0.372 e. The summed E-state index contributed by atoms with van der Waals surface area (Å²) < 4.78 is 37.7. The Morgan fingerprint density at radius 1 is 1.38 bits per heavy atom. The average Bonchev–Trinajstić information content (AvgIpc) is 3.30. The summed E-state index contributed by atoms with van der Waals surface area (Å²) in [5.74, 6) is 1.13. The SMILES string of the molecule is Cc1cc(CN2CC3(CC[C@@H](CNS(=O)(=O)C4CC4)CO3)C2)no1. The average molecular weight is 355 g/mol. The van der Waals surface area contributed by atoms with Gasteiger partial charge in [-0.15, -0.1) is 0 Å². The van der Waals surface area contributed by atoms with Crippen molar-refractivity contribution in [2.75, 3.05) is 26.2 Å². The molecule has 2 saturated heterocycles. The molecular formula is C16H25N3O4S. The smallest absolute Gasteiger partial charge is 0.214 e. The molecule has 1 spiro atoms. The molecule has 3 heterocycles. The minimum absolute atomic E-state index is 0.0371. The van der Waals surface area contributed by atoms with Crippen molar-refractivity contribution in [2.45, 2.75) is 50.0 Å². The summed E-state index contributed by atoms with van der Waals surface area (Å²) in [6.45, 7) is 5.68. The molecule has 3 fully saturated rings. The fourth-order valence-corrected chi connectivity index (χ4v) is 5.12. The van der Waals surface area contributed by atoms with E-state index in [2.05, 4.69) is 14.8 Å². The summed E-state index contributed by atoms with van der Waals surface area (Å²) >= 11 is 0. The minimum Gasteiger partial charge on any atom is -0.372 e. The second-order valence-electron chi connectivity index (χ2n) is 7.57. The molecule has 134 valence electrons. The number of sulfonamides is 1. The molecule has 7 nitrogen and oxygen atoms in total. The van der Waals surface area contributed by atoms with Crippen LogP contribution in [0.5, 0.6) is 0 Å². The van der Waals surface area contributed by atoms with E-state index in [1.807, 2.05) is 13.0 Å². The summed E-state index contributed by atoms with van der Waals surface area (Å²) in [5.41, 5.74) is 0.926. The van der Waals surface area contributed by atoms with Gasteiger partial charge < -0.3 is 9.26 Å². The van der Waals surface area contributed by atoms with Crippen molar-refractivity contribution in [2.24, 2.45) is 5.92 Å². The van der Waals surface area contributed by atoms with E-state index in [1.54, 1.807) is 0 Å². The third-order valence-corrected chi connectivity index (χ3v) is 7.17. The van der Waals surface area contributed by atoms with Gasteiger partial charge in [0.25, 0.3) is 0 Å². The summed E-state index contributed by atoms with van der Waals surface area (Å²) in [5, 5.41) is 3.88. The van der Waals surface area contributed by atoms with Crippen LogP contribution in [0.25, 0.3) is 0 Å². The highest BCUT2D eigenvalue weighted by Crippen LogP contribution is 2.36. The van der Waals surface area contributed by atoms with Crippen molar-refractivity contribution in [1.29, 1.82) is 0 Å². The molecule has 3 aliphatic rings. The van der Waals surface area contributed by atoms with Gasteiger partial charge in [-0.3, -0.25) is 4.90 Å². The Hall–Kier alpha value is -0.960. The Bertz CT molecular complexity index is 682. The Morgan fingerprint density at radius 3 is 2.75 bits per heavy atom. The summed E-state index contributed by atoms with van der Waals surface area (Å²) in [6.07, 6.45) is 3.63. The monoisotopic (exact) mass is 355 g/mol. The van der Waals surface area contributed by atoms with Crippen LogP contribution in [0.2, 0.25) is 0 Å². The van der Waals surface area contributed by atoms with E-state index in [4.69, 9.17) is 9.26 Å². The van der Waals surface area contributed by atoms with Crippen LogP contribution in [0.15, 0.2) is 10.6 Å². The number of hydrogen-bond acceptors (Lipinski definition) is 6. The fraction of sp³-hybridized carbons (Fsp3) is 0.812. The van der Waals surface area contributed by atoms with Gasteiger partial charge in [-0.2, -0.15) is 0 Å². The van der Waals surface area contributed by atoms with Gasteiger partial charge in [-0.25, -0.2) is 13.1 Å². The van der Waals surface area contributed by atoms with Crippen molar-refractivity contribution in [3.8, 4) is 0 Å². The lowest BCUT2D eigenvalue weighted by Gasteiger charge is -2.52. The van der Waals surface area contributed by atoms with Gasteiger partial charge >= 0.3 is 0 Å². The zero-order valence-electron chi connectivity index (χ0n) is 14.0. The molecule has 1 saturated carbocycles. The first-order valence-electron chi connectivity index (χ1n) is 8.71. The second kappa shape index (κ2) is 6.09. The van der Waals surface area contributed by atoms with E-state index >= 15 is 0 Å². The summed E-state index contributed by atoms with van der Waals surface area (Å²) in [4.78, 5) is 2.31. The molecule has 0 aromatic carbocycles. The minimum atomic E-state index is -3.08. The number of likely N-dealkylation sites (tertiary alicyclic amines) is 1. The number of nitrogens with one attached hydrogen (secondary N) is 1. The van der Waals surface area contributed by atoms with Crippen LogP contribution in [0.1, 0.15) is 37.1 Å². The van der Waals surface area contributed by atoms with Crippen LogP contribution in [0, 0.1) is 12.8 Å². The molecule has 8 heteroatoms. The second-order valence-corrected chi connectivity index (χ2v) is 9.61. The van der Waals surface area contributed by atoms with Crippen molar-refractivity contribution >= 4 is 10.0 Å². The molecule has 2 aliphatic heterocycles. The molecule has 24 heavy (non-hydrogen) atoms. The lowest BCUT2D eigenvalue weighted by Crippen LogP contribution is -2.64. The van der Waals surface area contributed by atoms with E-state index in [1.165, 1.54) is 0 Å². The van der Waals surface area contributed by atoms with Gasteiger partial charge in [0.2, 0.25) is 10.0 Å². The highest BCUT2D eigenvalue weighted by molar-refractivity contribution is 7.90. The van der Waals surface area contributed by atoms with E-state index in [0.29, 0.717) is 13.2 Å². The Morgan fingerprint density at radius 2 is 2.17 bits per heavy atom. The van der Waals surface area contributed by atoms with Crippen molar-refractivity contribution in [1.82, 2.24) is 14.8 Å². The van der Waals surface area contributed by atoms with Crippen LogP contribution < -0.4 is 4.72 Å². The van der Waals surface area contributed by atoms with Crippen molar-refractivity contribution in [3.63, 3.8) is 0 Å². The van der Waals surface area contributed by atoms with E-state index in [9.17, 15) is 8.42 Å². The topological polar surface area (TPSA) is 84.7 Å². The number of hydrogen-bond donors (Lipinski definition) is 1. The Kier molecular flexibility index (Phi) is 4.19. The van der Waals surface area contributed by atoms with E-state index in [0.717, 1.165) is 56.8 Å². The number of aryl methyl sites for hydroxylation is 1. The van der Waals surface area contributed by atoms with Crippen LogP contribution in [-0.4, -0.2) is 55.6 Å². The molecule has 1 aliphatic carbocycles. The lowest BCUT2D eigenvalue weighted by atomic mass is 9.83. The predicted octanol–water partition coefficient (Wildman–Crippen LogP) is 1.05. The maximum absolute atomic E-state index is 11.9. The number of rotatable bonds is 6. The third kappa shape index (κ3) is 3.51. The Labute approximate surface area is 142 Å². The van der Waals surface area contributed by atoms with E-state index < -0.39 is 10.0 Å². The standard InChI is InChI=1S/C16H25N3O4S/c1-12-6-14(18-23-12)8-19-10-16(11-19)5-4-13(9-22-16)7-17-24(20,21)15-2-3-15/h6,13,15,17H,2-5,7-11H2,1H3/t13-/m0/s1. The number of nitrogens with zero attached hydrogens (tertiary/aromatic N) is 2. The molecule has 1 aromatic rings. The number of ether oxygens (including phenoxy) is 1. The van der Waals surface area contributed by atoms with Crippen LogP contribution >= 0.6 is 0 Å². The summed E-state index contributed by atoms with van der Waals surface area (Å²) in [6, 6.07) is 1.97. The molecule has 0 amide bonds. The van der Waals surface area contributed by atoms with Gasteiger partial charge in [-0.1, -0.05) is 5.16 Å². The maximum Gasteiger partial charge on any atom is 0.214 e. The molecule has 0 bridgehead atoms. The summed E-state index contributed by atoms with van der Waals surface area (Å²) in [7, 11) is -3.08. The first kappa shape index (κ1) is 16.5. The molecule has 1 aromatic heterocycles. The molecule has 1 atom stereocenters. The van der Waals surface area contributed by atoms with Gasteiger partial charge in [0.05, 0.1) is 23.2 Å². The lowest BCUT2D eigenvalue weighted by molar-refractivity contribution is -0.181. The van der Waals surface area contributed by atoms with E-state index in [-0.39, 0.29) is 16.8 Å². The molecule has 1 N–H and O–H groups in total. The molecular weight excluding hydrogens is 330 g/mol. The normalized spacial score (nSPS) is 27.3. The van der Waals surface area contributed by atoms with Crippen molar-refractivity contribution in [3.05, 3.63) is 17.5 Å². The van der Waals surface area contributed by atoms with Gasteiger partial charge in [0.15, 0.2) is 0 Å². The van der Waals surface area contributed by atoms with Gasteiger partial charge in [0, 0.05) is 32.2 Å². The fourth-order valence-electron chi connectivity index (χ4n) is 3.66. The van der Waals surface area contributed by atoms with Crippen LogP contribution in [0.3, 0.4) is 0 Å². The molecule has 0 radical (unpaired) electrons. The Balaban J connectivity index is 1.20. The molecule has 4 rings (SSSR count). The highest BCUT2D eigenvalue weighted by atomic mass is 32.2. The van der Waals surface area contributed by atoms with Crippen LogP contribution in [0.4, 0.5) is 0 Å². The number of aromatic nitrogens is 1. The van der Waals surface area contributed by atoms with Gasteiger partial charge in [-0.05, 0) is 38.5 Å². The zero-order chi connectivity index (χ0) is 16.8. The first-order chi connectivity index (χ1) is 11.4. The van der Waals surface area contributed by atoms with Gasteiger partial charge in [0.1, 0.15) is 5.76 Å². The predicted molar refractivity (Wildman–Crippen MR) is 87.9 cm³/mol. The van der Waals surface area contributed by atoms with Crippen molar-refractivity contribution < 1.29 is 17.7 Å². The highest BCUT2D eigenvalue weighted by Gasteiger charge is 2.46. The molecule has 0 unspecified atom stereocenters. The first-order valence-corrected chi connectivity index (χ1v) is 10.3.